The van der Waals surface area contributed by atoms with Gasteiger partial charge in [-0.2, -0.15) is 0 Å². The second-order valence-corrected chi connectivity index (χ2v) is 5.90. The van der Waals surface area contributed by atoms with Gasteiger partial charge >= 0.3 is 0 Å². The lowest BCUT2D eigenvalue weighted by Crippen LogP contribution is -2.33. The zero-order valence-corrected chi connectivity index (χ0v) is 11.5. The monoisotopic (exact) mass is 272 g/mol. The number of thiazole rings is 1. The summed E-state index contributed by atoms with van der Waals surface area (Å²) in [4.78, 5) is 16.0. The summed E-state index contributed by atoms with van der Waals surface area (Å²) in [5.74, 6) is 1.32. The van der Waals surface area contributed by atoms with Crippen LogP contribution in [0.5, 0.6) is 0 Å². The molecule has 0 aromatic carbocycles. The number of nitrogens with one attached hydrogen (secondary N) is 1. The van der Waals surface area contributed by atoms with Crippen molar-refractivity contribution in [3.05, 3.63) is 16.1 Å². The molecule has 1 amide bonds. The van der Waals surface area contributed by atoms with Gasteiger partial charge in [-0.15, -0.1) is 22.9 Å². The van der Waals surface area contributed by atoms with E-state index in [4.69, 9.17) is 11.6 Å². The van der Waals surface area contributed by atoms with Crippen LogP contribution in [-0.2, 0) is 17.1 Å². The van der Waals surface area contributed by atoms with Crippen LogP contribution in [0.1, 0.15) is 36.9 Å². The number of halogens is 1. The van der Waals surface area contributed by atoms with E-state index in [-0.39, 0.29) is 11.9 Å². The predicted octanol–water partition coefficient (Wildman–Crippen LogP) is 2.73. The topological polar surface area (TPSA) is 42.0 Å². The summed E-state index contributed by atoms with van der Waals surface area (Å²) in [7, 11) is 0. The quantitative estimate of drug-likeness (QED) is 0.809. The summed E-state index contributed by atoms with van der Waals surface area (Å²) >= 11 is 7.17. The highest BCUT2D eigenvalue weighted by Gasteiger charge is 2.24. The molecule has 0 spiro atoms. The first-order valence-electron chi connectivity index (χ1n) is 5.96. The molecule has 0 bridgehead atoms. The highest BCUT2D eigenvalue weighted by molar-refractivity contribution is 7.09. The first-order chi connectivity index (χ1) is 8.17. The minimum Gasteiger partial charge on any atom is -0.353 e. The normalized spacial score (nSPS) is 16.8. The standard InChI is InChI=1S/C12H17ClN2OS/c1-8(4-9-2-3-9)14-11(16)5-12-15-10(6-13)7-17-12/h7-9H,2-6H2,1H3,(H,14,16). The molecule has 0 radical (unpaired) electrons. The second-order valence-electron chi connectivity index (χ2n) is 4.69. The third-order valence-corrected chi connectivity index (χ3v) is 4.01. The van der Waals surface area contributed by atoms with Gasteiger partial charge in [0.25, 0.3) is 0 Å². The van der Waals surface area contributed by atoms with E-state index >= 15 is 0 Å². The molecule has 1 aromatic heterocycles. The van der Waals surface area contributed by atoms with Gasteiger partial charge in [-0.25, -0.2) is 4.98 Å². The minimum absolute atomic E-state index is 0.0635. The molecule has 17 heavy (non-hydrogen) atoms. The average molecular weight is 273 g/mol. The molecule has 5 heteroatoms. The number of rotatable bonds is 6. The Morgan fingerprint density at radius 1 is 1.71 bits per heavy atom. The predicted molar refractivity (Wildman–Crippen MR) is 70.3 cm³/mol. The fraction of sp³-hybridized carbons (Fsp3) is 0.667. The third-order valence-electron chi connectivity index (χ3n) is 2.84. The Bertz CT molecular complexity index is 390. The lowest BCUT2D eigenvalue weighted by Gasteiger charge is -2.12. The Labute approximate surface area is 111 Å². The molecular weight excluding hydrogens is 256 g/mol. The van der Waals surface area contributed by atoms with Gasteiger partial charge in [0, 0.05) is 11.4 Å². The number of alkyl halides is 1. The summed E-state index contributed by atoms with van der Waals surface area (Å²) in [6, 6.07) is 0.280. The summed E-state index contributed by atoms with van der Waals surface area (Å²) < 4.78 is 0. The first kappa shape index (κ1) is 12.8. The lowest BCUT2D eigenvalue weighted by molar-refractivity contribution is -0.121. The van der Waals surface area contributed by atoms with E-state index in [2.05, 4.69) is 17.2 Å². The molecule has 0 aliphatic heterocycles. The number of amides is 1. The molecule has 1 fully saturated rings. The van der Waals surface area contributed by atoms with Crippen LogP contribution in [0.4, 0.5) is 0 Å². The molecule has 1 aliphatic carbocycles. The van der Waals surface area contributed by atoms with Crippen molar-refractivity contribution in [1.29, 1.82) is 0 Å². The molecule has 2 rings (SSSR count). The van der Waals surface area contributed by atoms with Crippen molar-refractivity contribution in [2.75, 3.05) is 0 Å². The van der Waals surface area contributed by atoms with E-state index in [1.165, 1.54) is 24.2 Å². The molecule has 1 N–H and O–H groups in total. The van der Waals surface area contributed by atoms with Gasteiger partial charge in [-0.1, -0.05) is 12.8 Å². The smallest absolute Gasteiger partial charge is 0.227 e. The Morgan fingerprint density at radius 3 is 3.06 bits per heavy atom. The Morgan fingerprint density at radius 2 is 2.47 bits per heavy atom. The van der Waals surface area contributed by atoms with Crippen molar-refractivity contribution in [2.24, 2.45) is 5.92 Å². The fourth-order valence-corrected chi connectivity index (χ4v) is 2.89. The van der Waals surface area contributed by atoms with Crippen LogP contribution in [0, 0.1) is 5.92 Å². The lowest BCUT2D eigenvalue weighted by atomic mass is 10.1. The fourth-order valence-electron chi connectivity index (χ4n) is 1.87. The van der Waals surface area contributed by atoms with E-state index < -0.39 is 0 Å². The Kier molecular flexibility index (Phi) is 4.40. The SMILES string of the molecule is CC(CC1CC1)NC(=O)Cc1nc(CCl)cs1. The molecule has 1 saturated carbocycles. The van der Waals surface area contributed by atoms with Crippen LogP contribution in [0.3, 0.4) is 0 Å². The Balaban J connectivity index is 1.75. The van der Waals surface area contributed by atoms with E-state index in [9.17, 15) is 4.79 Å². The van der Waals surface area contributed by atoms with Gasteiger partial charge in [-0.3, -0.25) is 4.79 Å². The summed E-state index contributed by atoms with van der Waals surface area (Å²) in [5.41, 5.74) is 0.852. The van der Waals surface area contributed by atoms with E-state index in [1.54, 1.807) is 0 Å². The number of hydrogen-bond donors (Lipinski definition) is 1. The largest absolute Gasteiger partial charge is 0.353 e. The van der Waals surface area contributed by atoms with Crippen molar-refractivity contribution < 1.29 is 4.79 Å². The maximum absolute atomic E-state index is 11.7. The highest BCUT2D eigenvalue weighted by atomic mass is 35.5. The molecule has 1 heterocycles. The van der Waals surface area contributed by atoms with Gasteiger partial charge < -0.3 is 5.32 Å². The number of nitrogens with zero attached hydrogens (tertiary/aromatic N) is 1. The third kappa shape index (κ3) is 4.28. The second kappa shape index (κ2) is 5.83. The van der Waals surface area contributed by atoms with Gasteiger partial charge in [0.1, 0.15) is 5.01 Å². The average Bonchev–Trinajstić information content (AvgIpc) is 2.95. The molecule has 1 aromatic rings. The van der Waals surface area contributed by atoms with Crippen molar-refractivity contribution in [3.63, 3.8) is 0 Å². The van der Waals surface area contributed by atoms with Gasteiger partial charge in [-0.05, 0) is 19.3 Å². The van der Waals surface area contributed by atoms with Gasteiger partial charge in [0.15, 0.2) is 0 Å². The molecule has 3 nitrogen and oxygen atoms in total. The van der Waals surface area contributed by atoms with Crippen molar-refractivity contribution >= 4 is 28.8 Å². The van der Waals surface area contributed by atoms with Crippen LogP contribution in [0.25, 0.3) is 0 Å². The maximum Gasteiger partial charge on any atom is 0.227 e. The van der Waals surface area contributed by atoms with Crippen molar-refractivity contribution in [3.8, 4) is 0 Å². The molecule has 1 atom stereocenters. The molecule has 0 saturated heterocycles. The number of carbonyl (C=O) groups excluding carboxylic acids is 1. The van der Waals surface area contributed by atoms with E-state index in [0.29, 0.717) is 12.3 Å². The highest BCUT2D eigenvalue weighted by Crippen LogP contribution is 2.33. The zero-order valence-electron chi connectivity index (χ0n) is 9.91. The molecule has 1 unspecified atom stereocenters. The van der Waals surface area contributed by atoms with Gasteiger partial charge in [0.05, 0.1) is 18.0 Å². The molecule has 94 valence electrons. The van der Waals surface area contributed by atoms with Gasteiger partial charge in [0.2, 0.25) is 5.91 Å². The van der Waals surface area contributed by atoms with Crippen LogP contribution in [0.15, 0.2) is 5.38 Å². The van der Waals surface area contributed by atoms with Crippen molar-refractivity contribution in [1.82, 2.24) is 10.3 Å². The summed E-state index contributed by atoms with van der Waals surface area (Å²) in [6.07, 6.45) is 4.13. The van der Waals surface area contributed by atoms with E-state index in [1.807, 2.05) is 5.38 Å². The van der Waals surface area contributed by atoms with Crippen LogP contribution in [-0.4, -0.2) is 16.9 Å². The molecular formula is C12H17ClN2OS. The Hall–Kier alpha value is -0.610. The summed E-state index contributed by atoms with van der Waals surface area (Å²) in [5, 5.41) is 5.77. The van der Waals surface area contributed by atoms with Crippen LogP contribution in [0.2, 0.25) is 0 Å². The maximum atomic E-state index is 11.7. The van der Waals surface area contributed by atoms with Crippen LogP contribution < -0.4 is 5.32 Å². The number of carbonyl (C=O) groups is 1. The van der Waals surface area contributed by atoms with Crippen LogP contribution >= 0.6 is 22.9 Å². The van der Waals surface area contributed by atoms with E-state index in [0.717, 1.165) is 23.0 Å². The zero-order chi connectivity index (χ0) is 12.3. The summed E-state index contributed by atoms with van der Waals surface area (Å²) in [6.45, 7) is 2.07. The minimum atomic E-state index is 0.0635. The van der Waals surface area contributed by atoms with Crippen molar-refractivity contribution in [2.45, 2.75) is 44.5 Å². The number of hydrogen-bond acceptors (Lipinski definition) is 3. The number of aromatic nitrogens is 1. The first-order valence-corrected chi connectivity index (χ1v) is 7.37. The molecule has 1 aliphatic rings.